The Morgan fingerprint density at radius 2 is 1.49 bits per heavy atom. The predicted octanol–water partition coefficient (Wildman–Crippen LogP) is 3.61. The molecule has 5 rings (SSSR count). The van der Waals surface area contributed by atoms with E-state index in [1.54, 1.807) is 36.4 Å². The number of carbonyl (C=O) groups is 1. The monoisotopic (exact) mass is 597 g/mol. The van der Waals surface area contributed by atoms with Gasteiger partial charge in [0.1, 0.15) is 11.6 Å². The van der Waals surface area contributed by atoms with Gasteiger partial charge in [-0.15, -0.1) is 0 Å². The zero-order valence-corrected chi connectivity index (χ0v) is 23.0. The highest BCUT2D eigenvalue weighted by Gasteiger charge is 2.56. The number of rotatable bonds is 8. The fourth-order valence-corrected chi connectivity index (χ4v) is 7.38. The molecule has 9 nitrogen and oxygen atoms in total. The number of sulfone groups is 1. The number of hydrogen-bond donors (Lipinski definition) is 4. The van der Waals surface area contributed by atoms with E-state index in [1.165, 1.54) is 53.4 Å². The lowest BCUT2D eigenvalue weighted by Gasteiger charge is -2.47. The van der Waals surface area contributed by atoms with E-state index >= 15 is 0 Å². The molecule has 212 valence electrons. The molecule has 0 aromatic heterocycles. The zero-order chi connectivity index (χ0) is 29.5. The van der Waals surface area contributed by atoms with Crippen molar-refractivity contribution in [3.05, 3.63) is 114 Å². The van der Waals surface area contributed by atoms with E-state index in [1.807, 2.05) is 0 Å². The summed E-state index contributed by atoms with van der Waals surface area (Å²) in [7, 11) is -8.72. The van der Waals surface area contributed by atoms with Crippen molar-refractivity contribution < 1.29 is 42.2 Å². The van der Waals surface area contributed by atoms with Gasteiger partial charge in [-0.3, -0.25) is 9.36 Å². The molecule has 0 saturated carbocycles. The molecule has 0 aliphatic carbocycles. The number of amides is 1. The summed E-state index contributed by atoms with van der Waals surface area (Å²) in [4.78, 5) is 33.3. The topological polar surface area (TPSA) is 152 Å². The first kappa shape index (κ1) is 28.7. The van der Waals surface area contributed by atoms with Gasteiger partial charge in [0, 0.05) is 11.3 Å². The molecule has 0 spiro atoms. The van der Waals surface area contributed by atoms with Crippen molar-refractivity contribution in [2.75, 3.05) is 10.7 Å². The van der Waals surface area contributed by atoms with Crippen LogP contribution < -0.4 is 10.2 Å². The van der Waals surface area contributed by atoms with Gasteiger partial charge in [-0.1, -0.05) is 54.6 Å². The van der Waals surface area contributed by atoms with Crippen LogP contribution in [-0.4, -0.2) is 45.3 Å². The Morgan fingerprint density at radius 3 is 2.07 bits per heavy atom. The van der Waals surface area contributed by atoms with E-state index in [2.05, 4.69) is 0 Å². The summed E-state index contributed by atoms with van der Waals surface area (Å²) in [5, 5.41) is 19.9. The number of phenolic OH excluding ortho intramolecular Hbond substituents is 1. The van der Waals surface area contributed by atoms with Gasteiger partial charge in [-0.2, -0.15) is 0 Å². The summed E-state index contributed by atoms with van der Waals surface area (Å²) in [6.45, 7) is 0. The maximum absolute atomic E-state index is 13.5. The fraction of sp³-hybridized carbons (Fsp3) is 0.138. The zero-order valence-electron chi connectivity index (χ0n) is 21.3. The van der Waals surface area contributed by atoms with Crippen LogP contribution in [0.5, 0.6) is 5.75 Å². The Hall–Kier alpha value is -3.86. The number of aliphatic hydroxyl groups excluding tert-OH is 1. The number of β-lactam (4-membered cyclic amide) rings is 1. The predicted molar refractivity (Wildman–Crippen MR) is 151 cm³/mol. The largest absolute Gasteiger partial charge is 0.508 e. The molecule has 4 N–H and O–H groups in total. The lowest BCUT2D eigenvalue weighted by atomic mass is 9.90. The summed E-state index contributed by atoms with van der Waals surface area (Å²) in [5.41, 5.74) is 1.79. The van der Waals surface area contributed by atoms with Gasteiger partial charge in [0.2, 0.25) is 5.91 Å². The van der Waals surface area contributed by atoms with E-state index in [0.717, 1.165) is 12.1 Å². The highest BCUT2D eigenvalue weighted by Crippen LogP contribution is 2.46. The molecule has 3 unspecified atom stereocenters. The van der Waals surface area contributed by atoms with Crippen molar-refractivity contribution in [1.29, 1.82) is 0 Å². The highest BCUT2D eigenvalue weighted by molar-refractivity contribution is 7.93. The van der Waals surface area contributed by atoms with Crippen molar-refractivity contribution >= 4 is 34.3 Å². The maximum Gasteiger partial charge on any atom is 0.356 e. The number of nitrogens with zero attached hydrogens (tertiary/aromatic N) is 1. The van der Waals surface area contributed by atoms with Gasteiger partial charge in [-0.25, -0.2) is 12.8 Å². The minimum absolute atomic E-state index is 0.161. The third-order valence-corrected chi connectivity index (χ3v) is 9.98. The molecule has 1 amide bonds. The van der Waals surface area contributed by atoms with Crippen LogP contribution in [0.15, 0.2) is 97.1 Å². The van der Waals surface area contributed by atoms with Crippen LogP contribution >= 0.6 is 7.60 Å². The maximum atomic E-state index is 13.5. The fourth-order valence-electron chi connectivity index (χ4n) is 4.92. The lowest BCUT2D eigenvalue weighted by molar-refractivity contribution is -0.123. The number of carbonyl (C=O) groups excluding carboxylic acids is 1. The van der Waals surface area contributed by atoms with Crippen LogP contribution in [0.2, 0.25) is 0 Å². The van der Waals surface area contributed by atoms with Gasteiger partial charge in [0.05, 0.1) is 23.2 Å². The normalized spacial score (nSPS) is 18.1. The minimum Gasteiger partial charge on any atom is -0.508 e. The Bertz CT molecular complexity index is 1740. The van der Waals surface area contributed by atoms with Crippen molar-refractivity contribution in [2.24, 2.45) is 0 Å². The molecule has 0 bridgehead atoms. The van der Waals surface area contributed by atoms with E-state index in [9.17, 15) is 42.2 Å². The molecular formula is C29H25FNO8PS. The summed E-state index contributed by atoms with van der Waals surface area (Å²) in [5.74, 6) is -2.35. The Morgan fingerprint density at radius 1 is 0.878 bits per heavy atom. The summed E-state index contributed by atoms with van der Waals surface area (Å²) >= 11 is 0. The van der Waals surface area contributed by atoms with E-state index in [4.69, 9.17) is 0 Å². The molecule has 3 atom stereocenters. The standard InChI is InChI=1S/C29H25FNO8PS/c30-21-11-6-19(7-12-21)26(33)17-41(38,39)28-27(31(29(28)34)22-4-2-1-3-5-22)24-15-10-20(16-25(24)32)18-8-13-23(14-9-18)40(35,36)37/h1-16,26-28,32-33H,17H2,(H2,35,36,37). The van der Waals surface area contributed by atoms with Gasteiger partial charge < -0.3 is 24.9 Å². The summed E-state index contributed by atoms with van der Waals surface area (Å²) < 4.78 is 51.8. The van der Waals surface area contributed by atoms with E-state index in [0.29, 0.717) is 16.8 Å². The number of para-hydroxylation sites is 1. The number of anilines is 1. The van der Waals surface area contributed by atoms with Crippen LogP contribution in [-0.2, 0) is 19.2 Å². The van der Waals surface area contributed by atoms with Gasteiger partial charge in [-0.05, 0) is 59.2 Å². The second-order valence-corrected chi connectivity index (χ2v) is 13.4. The number of hydrogen-bond acceptors (Lipinski definition) is 6. The first-order chi connectivity index (χ1) is 19.4. The first-order valence-electron chi connectivity index (χ1n) is 12.4. The minimum atomic E-state index is -4.43. The molecular weight excluding hydrogens is 572 g/mol. The van der Waals surface area contributed by atoms with Crippen molar-refractivity contribution in [1.82, 2.24) is 0 Å². The third-order valence-electron chi connectivity index (χ3n) is 7.00. The molecule has 4 aromatic rings. The Labute approximate surface area is 235 Å². The average molecular weight is 598 g/mol. The molecule has 1 aliphatic rings. The molecule has 1 saturated heterocycles. The van der Waals surface area contributed by atoms with Crippen LogP contribution in [0.1, 0.15) is 23.3 Å². The third kappa shape index (κ3) is 5.68. The van der Waals surface area contributed by atoms with Crippen LogP contribution in [0, 0.1) is 5.82 Å². The average Bonchev–Trinajstić information content (AvgIpc) is 2.92. The number of benzene rings is 4. The summed E-state index contributed by atoms with van der Waals surface area (Å²) in [6, 6.07) is 22.0. The molecule has 41 heavy (non-hydrogen) atoms. The molecule has 0 radical (unpaired) electrons. The second kappa shape index (κ2) is 10.8. The quantitative estimate of drug-likeness (QED) is 0.178. The molecule has 12 heteroatoms. The van der Waals surface area contributed by atoms with E-state index < -0.39 is 52.3 Å². The number of aromatic hydroxyl groups is 1. The van der Waals surface area contributed by atoms with Gasteiger partial charge in [0.15, 0.2) is 15.1 Å². The highest BCUT2D eigenvalue weighted by atomic mass is 32.2. The van der Waals surface area contributed by atoms with Crippen molar-refractivity contribution in [3.8, 4) is 16.9 Å². The molecule has 1 heterocycles. The number of halogens is 1. The van der Waals surface area contributed by atoms with Crippen molar-refractivity contribution in [3.63, 3.8) is 0 Å². The van der Waals surface area contributed by atoms with E-state index in [-0.39, 0.29) is 22.2 Å². The van der Waals surface area contributed by atoms with Crippen LogP contribution in [0.3, 0.4) is 0 Å². The molecule has 1 fully saturated rings. The Balaban J connectivity index is 1.50. The summed E-state index contributed by atoms with van der Waals surface area (Å²) in [6.07, 6.45) is -1.51. The lowest BCUT2D eigenvalue weighted by Crippen LogP contribution is -2.62. The molecule has 1 aliphatic heterocycles. The first-order valence-corrected chi connectivity index (χ1v) is 15.7. The van der Waals surface area contributed by atoms with Crippen molar-refractivity contribution in [2.45, 2.75) is 17.4 Å². The molecule has 4 aromatic carbocycles. The van der Waals surface area contributed by atoms with Crippen LogP contribution in [0.4, 0.5) is 10.1 Å². The number of aliphatic hydroxyl groups is 1. The second-order valence-electron chi connectivity index (χ2n) is 9.67. The van der Waals surface area contributed by atoms with Crippen LogP contribution in [0.25, 0.3) is 11.1 Å². The number of phenols is 1. The Kier molecular flexibility index (Phi) is 7.58. The van der Waals surface area contributed by atoms with Gasteiger partial charge in [0.25, 0.3) is 0 Å². The smallest absolute Gasteiger partial charge is 0.356 e. The van der Waals surface area contributed by atoms with Gasteiger partial charge >= 0.3 is 7.60 Å². The SMILES string of the molecule is O=C1C(S(=O)(=O)CC(O)c2ccc(F)cc2)C(c2ccc(-c3ccc(P(=O)(O)O)cc3)cc2O)N1c1ccccc1.